The molecule has 84 valence electrons. The van der Waals surface area contributed by atoms with Gasteiger partial charge in [-0.15, -0.1) is 0 Å². The average Bonchev–Trinajstić information content (AvgIpc) is 2.91. The molecule has 0 heterocycles. The summed E-state index contributed by atoms with van der Waals surface area (Å²) in [6.45, 7) is 10.8. The summed E-state index contributed by atoms with van der Waals surface area (Å²) in [5.41, 5.74) is 1.28. The molecule has 0 spiro atoms. The predicted octanol–water partition coefficient (Wildman–Crippen LogP) is 5.08. The van der Waals surface area contributed by atoms with E-state index < -0.39 is 0 Å². The number of hydrogen-bond acceptors (Lipinski definition) is 0. The normalized spacial score (nSPS) is 28.1. The van der Waals surface area contributed by atoms with Crippen LogP contribution in [0.1, 0.15) is 33.6 Å². The highest BCUT2D eigenvalue weighted by molar-refractivity contribution is 9.11. The molecule has 0 radical (unpaired) electrons. The van der Waals surface area contributed by atoms with Crippen LogP contribution in [0.25, 0.3) is 0 Å². The van der Waals surface area contributed by atoms with Crippen LogP contribution in [0.3, 0.4) is 0 Å². The molecule has 0 aliphatic heterocycles. The second-order valence-corrected chi connectivity index (χ2v) is 5.58. The Hall–Kier alpha value is -0.300. The topological polar surface area (TPSA) is 0 Å². The van der Waals surface area contributed by atoms with Gasteiger partial charge >= 0.3 is 0 Å². The van der Waals surface area contributed by atoms with E-state index in [1.807, 2.05) is 0 Å². The lowest BCUT2D eigenvalue weighted by Crippen LogP contribution is -1.85. The third-order valence-electron chi connectivity index (χ3n) is 3.13. The summed E-state index contributed by atoms with van der Waals surface area (Å²) in [4.78, 5) is 0. The van der Waals surface area contributed by atoms with Gasteiger partial charge in [-0.1, -0.05) is 67.4 Å². The molecular formula is C14H21Br. The first-order valence-corrected chi connectivity index (χ1v) is 6.58. The predicted molar refractivity (Wildman–Crippen MR) is 72.0 cm³/mol. The molecule has 3 unspecified atom stereocenters. The van der Waals surface area contributed by atoms with Gasteiger partial charge in [0, 0.05) is 4.48 Å². The molecule has 15 heavy (non-hydrogen) atoms. The van der Waals surface area contributed by atoms with E-state index in [2.05, 4.69) is 61.5 Å². The summed E-state index contributed by atoms with van der Waals surface area (Å²) in [5.74, 6) is 2.22. The van der Waals surface area contributed by atoms with Gasteiger partial charge in [0.25, 0.3) is 0 Å². The summed E-state index contributed by atoms with van der Waals surface area (Å²) >= 11 is 3.57. The van der Waals surface area contributed by atoms with Crippen LogP contribution in [0.5, 0.6) is 0 Å². The molecule has 0 bridgehead atoms. The molecule has 0 aromatic carbocycles. The second kappa shape index (κ2) is 5.69. The van der Waals surface area contributed by atoms with Crippen molar-refractivity contribution in [2.24, 2.45) is 17.8 Å². The molecule has 0 amide bonds. The lowest BCUT2D eigenvalue weighted by atomic mass is 10.1. The van der Waals surface area contributed by atoms with E-state index in [1.54, 1.807) is 0 Å². The molecule has 0 aromatic heterocycles. The molecule has 0 saturated heterocycles. The summed E-state index contributed by atoms with van der Waals surface area (Å²) in [6.07, 6.45) is 9.02. The molecule has 0 N–H and O–H groups in total. The van der Waals surface area contributed by atoms with E-state index in [0.717, 1.165) is 11.8 Å². The highest BCUT2D eigenvalue weighted by Gasteiger charge is 2.33. The van der Waals surface area contributed by atoms with E-state index in [0.29, 0.717) is 5.92 Å². The van der Waals surface area contributed by atoms with Crippen LogP contribution in [-0.4, -0.2) is 0 Å². The van der Waals surface area contributed by atoms with Gasteiger partial charge in [-0.05, 0) is 30.3 Å². The average molecular weight is 269 g/mol. The maximum atomic E-state index is 4.10. The summed E-state index contributed by atoms with van der Waals surface area (Å²) in [7, 11) is 0. The minimum atomic E-state index is 0.636. The first kappa shape index (κ1) is 12.8. The Morgan fingerprint density at radius 1 is 1.53 bits per heavy atom. The van der Waals surface area contributed by atoms with Crippen molar-refractivity contribution >= 4 is 15.9 Å². The number of hydrogen-bond donors (Lipinski definition) is 0. The Balaban J connectivity index is 2.43. The molecule has 1 heteroatoms. The zero-order chi connectivity index (χ0) is 11.4. The summed E-state index contributed by atoms with van der Waals surface area (Å²) < 4.78 is 1.17. The lowest BCUT2D eigenvalue weighted by molar-refractivity contribution is 0.697. The van der Waals surface area contributed by atoms with Crippen LogP contribution in [0.4, 0.5) is 0 Å². The largest absolute Gasteiger partial charge is 0.0955 e. The Morgan fingerprint density at radius 3 is 2.60 bits per heavy atom. The van der Waals surface area contributed by atoms with E-state index in [9.17, 15) is 0 Å². The van der Waals surface area contributed by atoms with Crippen molar-refractivity contribution in [3.05, 3.63) is 34.9 Å². The van der Waals surface area contributed by atoms with Crippen LogP contribution in [0, 0.1) is 17.8 Å². The molecule has 1 aliphatic rings. The van der Waals surface area contributed by atoms with Crippen molar-refractivity contribution in [2.45, 2.75) is 33.6 Å². The fraction of sp³-hybridized carbons (Fsp3) is 0.571. The standard InChI is InChI=1S/C14H21Br/c1-5-10(2)8-13(15)7-6-11(3)14-9-12(14)4/h6-8,10,12,14H,3,5,9H2,1-2,4H3/b7-6-,13-8+. The van der Waals surface area contributed by atoms with Crippen LogP contribution in [-0.2, 0) is 0 Å². The Bertz CT molecular complexity index is 286. The molecule has 1 saturated carbocycles. The van der Waals surface area contributed by atoms with Gasteiger partial charge in [0.2, 0.25) is 0 Å². The maximum Gasteiger partial charge on any atom is 0.0138 e. The third kappa shape index (κ3) is 4.38. The first-order chi connectivity index (χ1) is 7.04. The Labute approximate surface area is 102 Å². The van der Waals surface area contributed by atoms with Crippen molar-refractivity contribution in [3.8, 4) is 0 Å². The van der Waals surface area contributed by atoms with Gasteiger partial charge in [-0.3, -0.25) is 0 Å². The maximum absolute atomic E-state index is 4.10. The van der Waals surface area contributed by atoms with Gasteiger partial charge < -0.3 is 0 Å². The Kier molecular flexibility index (Phi) is 4.85. The molecule has 1 fully saturated rings. The summed E-state index contributed by atoms with van der Waals surface area (Å²) in [5, 5.41) is 0. The van der Waals surface area contributed by atoms with Crippen LogP contribution in [0.2, 0.25) is 0 Å². The van der Waals surface area contributed by atoms with E-state index in [1.165, 1.54) is 22.9 Å². The van der Waals surface area contributed by atoms with E-state index in [-0.39, 0.29) is 0 Å². The number of halogens is 1. The lowest BCUT2D eigenvalue weighted by Gasteiger charge is -2.01. The summed E-state index contributed by atoms with van der Waals surface area (Å²) in [6, 6.07) is 0. The van der Waals surface area contributed by atoms with Crippen molar-refractivity contribution in [2.75, 3.05) is 0 Å². The first-order valence-electron chi connectivity index (χ1n) is 5.78. The van der Waals surface area contributed by atoms with Crippen molar-refractivity contribution < 1.29 is 0 Å². The number of rotatable bonds is 5. The molecule has 1 rings (SSSR count). The highest BCUT2D eigenvalue weighted by Crippen LogP contribution is 2.43. The molecule has 0 aromatic rings. The van der Waals surface area contributed by atoms with Crippen molar-refractivity contribution in [3.63, 3.8) is 0 Å². The molecule has 0 nitrogen and oxygen atoms in total. The Morgan fingerprint density at radius 2 is 2.13 bits per heavy atom. The van der Waals surface area contributed by atoms with Gasteiger partial charge in [0.05, 0.1) is 0 Å². The van der Waals surface area contributed by atoms with E-state index in [4.69, 9.17) is 0 Å². The minimum Gasteiger partial charge on any atom is -0.0955 e. The molecular weight excluding hydrogens is 248 g/mol. The highest BCUT2D eigenvalue weighted by atomic mass is 79.9. The zero-order valence-corrected chi connectivity index (χ0v) is 11.5. The number of allylic oxidation sites excluding steroid dienone is 5. The third-order valence-corrected chi connectivity index (χ3v) is 3.66. The van der Waals surface area contributed by atoms with Crippen LogP contribution >= 0.6 is 15.9 Å². The van der Waals surface area contributed by atoms with E-state index >= 15 is 0 Å². The van der Waals surface area contributed by atoms with Gasteiger partial charge in [0.1, 0.15) is 0 Å². The SMILES string of the molecule is C=C(/C=C\C(Br)=C/C(C)CC)C1CC1C. The van der Waals surface area contributed by atoms with Gasteiger partial charge in [-0.25, -0.2) is 0 Å². The van der Waals surface area contributed by atoms with Gasteiger partial charge in [0.15, 0.2) is 0 Å². The molecule has 3 atom stereocenters. The second-order valence-electron chi connectivity index (χ2n) is 4.66. The quantitative estimate of drug-likeness (QED) is 0.610. The fourth-order valence-corrected chi connectivity index (χ4v) is 2.18. The molecule has 1 aliphatic carbocycles. The smallest absolute Gasteiger partial charge is 0.0138 e. The zero-order valence-electron chi connectivity index (χ0n) is 9.96. The van der Waals surface area contributed by atoms with Crippen molar-refractivity contribution in [1.82, 2.24) is 0 Å². The monoisotopic (exact) mass is 268 g/mol. The van der Waals surface area contributed by atoms with Crippen LogP contribution < -0.4 is 0 Å². The van der Waals surface area contributed by atoms with Crippen molar-refractivity contribution in [1.29, 1.82) is 0 Å². The van der Waals surface area contributed by atoms with Crippen LogP contribution in [0.15, 0.2) is 34.9 Å². The minimum absolute atomic E-state index is 0.636. The van der Waals surface area contributed by atoms with Gasteiger partial charge in [-0.2, -0.15) is 0 Å². The fourth-order valence-electron chi connectivity index (χ4n) is 1.59.